The van der Waals surface area contributed by atoms with Crippen molar-refractivity contribution in [3.8, 4) is 0 Å². The van der Waals surface area contributed by atoms with E-state index in [1.54, 1.807) is 14.9 Å². The molecule has 22 heavy (non-hydrogen) atoms. The molecule has 2 aliphatic rings. The molecule has 4 rings (SSSR count). The SMILES string of the molecule is CS(=O)(=O)N1[C@@H]2CC[C@H]1Cc1nc3ccccc3c(=O)n1C2. The number of nitrogens with zero attached hydrogens (tertiary/aromatic N) is 3. The third kappa shape index (κ3) is 1.99. The Bertz CT molecular complexity index is 919. The van der Waals surface area contributed by atoms with Gasteiger partial charge in [-0.2, -0.15) is 4.31 Å². The summed E-state index contributed by atoms with van der Waals surface area (Å²) in [4.78, 5) is 17.3. The Morgan fingerprint density at radius 1 is 1.18 bits per heavy atom. The standard InChI is InChI=1S/C15H17N3O3S/c1-22(20,21)18-10-6-7-11(18)9-17-14(8-10)16-13-5-3-2-4-12(13)15(17)19/h2-5,10-11H,6-9H2,1H3/t10-,11+/m0/s1. The highest BCUT2D eigenvalue weighted by Gasteiger charge is 2.42. The fraction of sp³-hybridized carbons (Fsp3) is 0.467. The van der Waals surface area contributed by atoms with Crippen LogP contribution in [0, 0.1) is 0 Å². The third-order valence-electron chi connectivity index (χ3n) is 4.69. The van der Waals surface area contributed by atoms with Gasteiger partial charge in [-0.3, -0.25) is 9.36 Å². The van der Waals surface area contributed by atoms with Crippen LogP contribution in [0.1, 0.15) is 18.7 Å². The van der Waals surface area contributed by atoms with E-state index in [0.29, 0.717) is 29.7 Å². The summed E-state index contributed by atoms with van der Waals surface area (Å²) >= 11 is 0. The highest BCUT2D eigenvalue weighted by molar-refractivity contribution is 7.88. The van der Waals surface area contributed by atoms with Crippen LogP contribution in [-0.2, 0) is 23.0 Å². The Balaban J connectivity index is 1.92. The fourth-order valence-corrected chi connectivity index (χ4v) is 5.26. The van der Waals surface area contributed by atoms with Crippen molar-refractivity contribution in [2.45, 2.75) is 37.9 Å². The Morgan fingerprint density at radius 3 is 2.68 bits per heavy atom. The Hall–Kier alpha value is -1.73. The minimum absolute atomic E-state index is 0.0680. The topological polar surface area (TPSA) is 72.3 Å². The van der Waals surface area contributed by atoms with Gasteiger partial charge in [0.2, 0.25) is 10.0 Å². The average molecular weight is 319 g/mol. The Kier molecular flexibility index (Phi) is 2.93. The first-order valence-electron chi connectivity index (χ1n) is 7.42. The Morgan fingerprint density at radius 2 is 1.91 bits per heavy atom. The minimum Gasteiger partial charge on any atom is -0.294 e. The Labute approximate surface area is 128 Å². The van der Waals surface area contributed by atoms with Crippen molar-refractivity contribution in [3.63, 3.8) is 0 Å². The number of para-hydroxylation sites is 1. The van der Waals surface area contributed by atoms with Gasteiger partial charge in [0, 0.05) is 25.0 Å². The second-order valence-electron chi connectivity index (χ2n) is 6.14. The van der Waals surface area contributed by atoms with Crippen molar-refractivity contribution in [2.24, 2.45) is 0 Å². The van der Waals surface area contributed by atoms with Crippen molar-refractivity contribution >= 4 is 20.9 Å². The predicted octanol–water partition coefficient (Wildman–Crippen LogP) is 0.745. The molecule has 2 bridgehead atoms. The summed E-state index contributed by atoms with van der Waals surface area (Å²) in [6.45, 7) is 0.398. The van der Waals surface area contributed by atoms with Gasteiger partial charge in [0.05, 0.1) is 17.2 Å². The molecule has 2 aliphatic heterocycles. The largest absolute Gasteiger partial charge is 0.294 e. The number of fused-ring (bicyclic) bond motifs is 4. The lowest BCUT2D eigenvalue weighted by Crippen LogP contribution is -2.41. The summed E-state index contributed by atoms with van der Waals surface area (Å²) in [6, 6.07) is 7.06. The number of hydrogen-bond acceptors (Lipinski definition) is 4. The fourth-order valence-electron chi connectivity index (χ4n) is 3.82. The highest BCUT2D eigenvalue weighted by atomic mass is 32.2. The summed E-state index contributed by atoms with van der Waals surface area (Å²) in [5.41, 5.74) is 0.615. The molecule has 7 heteroatoms. The van der Waals surface area contributed by atoms with Gasteiger partial charge >= 0.3 is 0 Å². The van der Waals surface area contributed by atoms with Crippen molar-refractivity contribution in [2.75, 3.05) is 6.26 Å². The van der Waals surface area contributed by atoms with Crippen LogP contribution in [-0.4, -0.2) is 40.6 Å². The maximum atomic E-state index is 12.7. The summed E-state index contributed by atoms with van der Waals surface area (Å²) in [6.07, 6.45) is 3.39. The molecule has 0 amide bonds. The first kappa shape index (κ1) is 13.9. The van der Waals surface area contributed by atoms with Crippen molar-refractivity contribution in [3.05, 3.63) is 40.4 Å². The molecular weight excluding hydrogens is 302 g/mol. The van der Waals surface area contributed by atoms with Gasteiger partial charge < -0.3 is 0 Å². The number of hydrogen-bond donors (Lipinski definition) is 0. The molecule has 0 N–H and O–H groups in total. The number of benzene rings is 1. The molecular formula is C15H17N3O3S. The van der Waals surface area contributed by atoms with E-state index < -0.39 is 10.0 Å². The van der Waals surface area contributed by atoms with Crippen molar-refractivity contribution < 1.29 is 8.42 Å². The second kappa shape index (κ2) is 4.63. The van der Waals surface area contributed by atoms with Gasteiger partial charge in [-0.05, 0) is 25.0 Å². The third-order valence-corrected chi connectivity index (χ3v) is 6.05. The van der Waals surface area contributed by atoms with Gasteiger partial charge in [0.1, 0.15) is 5.82 Å². The van der Waals surface area contributed by atoms with E-state index in [1.165, 1.54) is 6.26 Å². The summed E-state index contributed by atoms with van der Waals surface area (Å²) in [5, 5.41) is 0.593. The molecule has 3 heterocycles. The van der Waals surface area contributed by atoms with E-state index in [2.05, 4.69) is 4.98 Å². The van der Waals surface area contributed by atoms with Crippen LogP contribution >= 0.6 is 0 Å². The lowest BCUT2D eigenvalue weighted by Gasteiger charge is -2.24. The van der Waals surface area contributed by atoms with Crippen molar-refractivity contribution in [1.29, 1.82) is 0 Å². The van der Waals surface area contributed by atoms with Gasteiger partial charge in [-0.25, -0.2) is 13.4 Å². The predicted molar refractivity (Wildman–Crippen MR) is 83.2 cm³/mol. The van der Waals surface area contributed by atoms with Crippen LogP contribution in [0.3, 0.4) is 0 Å². The molecule has 2 atom stereocenters. The molecule has 0 radical (unpaired) electrons. The average Bonchev–Trinajstić information content (AvgIpc) is 2.76. The second-order valence-corrected chi connectivity index (χ2v) is 8.03. The first-order chi connectivity index (χ1) is 10.4. The van der Waals surface area contributed by atoms with E-state index in [1.807, 2.05) is 18.2 Å². The highest BCUT2D eigenvalue weighted by Crippen LogP contribution is 2.32. The maximum absolute atomic E-state index is 12.7. The van der Waals surface area contributed by atoms with Crippen LogP contribution < -0.4 is 5.56 Å². The molecule has 116 valence electrons. The smallest absolute Gasteiger partial charge is 0.261 e. The van der Waals surface area contributed by atoms with E-state index in [4.69, 9.17) is 0 Å². The summed E-state index contributed by atoms with van der Waals surface area (Å²) in [5.74, 6) is 0.699. The van der Waals surface area contributed by atoms with Gasteiger partial charge in [0.25, 0.3) is 5.56 Å². The molecule has 1 saturated heterocycles. The van der Waals surface area contributed by atoms with Crippen LogP contribution in [0.5, 0.6) is 0 Å². The van der Waals surface area contributed by atoms with Gasteiger partial charge in [-0.1, -0.05) is 12.1 Å². The van der Waals surface area contributed by atoms with Gasteiger partial charge in [-0.15, -0.1) is 0 Å². The van der Waals surface area contributed by atoms with E-state index >= 15 is 0 Å². The summed E-state index contributed by atoms with van der Waals surface area (Å²) < 4.78 is 27.4. The van der Waals surface area contributed by atoms with Gasteiger partial charge in [0.15, 0.2) is 0 Å². The molecule has 0 spiro atoms. The molecule has 2 aromatic rings. The lowest BCUT2D eigenvalue weighted by atomic mass is 10.1. The van der Waals surface area contributed by atoms with Crippen LogP contribution in [0.2, 0.25) is 0 Å². The van der Waals surface area contributed by atoms with Crippen LogP contribution in [0.25, 0.3) is 10.9 Å². The molecule has 1 fully saturated rings. The van der Waals surface area contributed by atoms with E-state index in [9.17, 15) is 13.2 Å². The minimum atomic E-state index is -3.27. The zero-order valence-electron chi connectivity index (χ0n) is 12.3. The van der Waals surface area contributed by atoms with E-state index in [-0.39, 0.29) is 17.6 Å². The molecule has 0 aliphatic carbocycles. The number of aromatic nitrogens is 2. The zero-order valence-corrected chi connectivity index (χ0v) is 13.1. The molecule has 1 aromatic carbocycles. The first-order valence-corrected chi connectivity index (χ1v) is 9.27. The maximum Gasteiger partial charge on any atom is 0.261 e. The molecule has 0 saturated carbocycles. The normalized spacial score (nSPS) is 25.1. The van der Waals surface area contributed by atoms with Crippen LogP contribution in [0.15, 0.2) is 29.1 Å². The quantitative estimate of drug-likeness (QED) is 0.777. The number of sulfonamides is 1. The number of rotatable bonds is 1. The summed E-state index contributed by atoms with van der Waals surface area (Å²) in [7, 11) is -3.27. The zero-order chi connectivity index (χ0) is 15.5. The molecule has 1 aromatic heterocycles. The lowest BCUT2D eigenvalue weighted by molar-refractivity contribution is 0.318. The van der Waals surface area contributed by atoms with Crippen LogP contribution in [0.4, 0.5) is 0 Å². The molecule has 0 unspecified atom stereocenters. The monoisotopic (exact) mass is 319 g/mol. The van der Waals surface area contributed by atoms with E-state index in [0.717, 1.165) is 12.8 Å². The molecule has 6 nitrogen and oxygen atoms in total. The van der Waals surface area contributed by atoms with Crippen molar-refractivity contribution in [1.82, 2.24) is 13.9 Å².